The van der Waals surface area contributed by atoms with E-state index in [4.69, 9.17) is 13.2 Å². The monoisotopic (exact) mass is 225 g/mol. The Bertz CT molecular complexity index is 62.0. The predicted molar refractivity (Wildman–Crippen MR) is 17.2 cm³/mol. The zero-order valence-corrected chi connectivity index (χ0v) is 9.18. The minimum Gasteiger partial charge on any atom is 0 e. The first-order chi connectivity index (χ1) is 3.62. The van der Waals surface area contributed by atoms with Gasteiger partial charge in [0.15, 0.2) is 0 Å². The Morgan fingerprint density at radius 3 is 1.44 bits per heavy atom. The van der Waals surface area contributed by atoms with Crippen molar-refractivity contribution in [2.24, 2.45) is 0 Å². The molecule has 1 aliphatic heterocycles. The minimum absolute atomic E-state index is 0. The molecule has 0 atom stereocenters. The topological polar surface area (TPSA) is 85.8 Å². The molecule has 0 spiro atoms. The molecular weight excluding hydrogens is 220 g/mol. The molecule has 0 bridgehead atoms. The van der Waals surface area contributed by atoms with Gasteiger partial charge in [0.2, 0.25) is 0 Å². The first kappa shape index (κ1) is 12.7. The SMILES string of the molecule is CC1(O)OO1.[OH][V][OH].[Zn]. The minimum atomic E-state index is -1.31. The number of aliphatic hydroxyl groups is 1. The van der Waals surface area contributed by atoms with Crippen molar-refractivity contribution in [1.29, 1.82) is 0 Å². The van der Waals surface area contributed by atoms with E-state index in [0.29, 0.717) is 0 Å². The van der Waals surface area contributed by atoms with Crippen LogP contribution >= 0.6 is 0 Å². The Hall–Kier alpha value is 1.01. The van der Waals surface area contributed by atoms with Crippen LogP contribution in [0.5, 0.6) is 0 Å². The molecule has 0 radical (unpaired) electrons. The Morgan fingerprint density at radius 2 is 1.44 bits per heavy atom. The second-order valence-electron chi connectivity index (χ2n) is 1.15. The predicted octanol–water partition coefficient (Wildman–Crippen LogP) is -1.50. The fourth-order valence-corrected chi connectivity index (χ4v) is 0.0603. The van der Waals surface area contributed by atoms with E-state index in [-0.39, 0.29) is 19.5 Å². The van der Waals surface area contributed by atoms with E-state index in [0.717, 1.165) is 0 Å². The van der Waals surface area contributed by atoms with Gasteiger partial charge in [0.05, 0.1) is 0 Å². The summed E-state index contributed by atoms with van der Waals surface area (Å²) in [5, 5.41) is 8.19. The van der Waals surface area contributed by atoms with Gasteiger partial charge in [0.25, 0.3) is 0 Å². The molecule has 1 fully saturated rings. The molecule has 51 valence electrons. The molecule has 0 unspecified atom stereocenters. The summed E-state index contributed by atoms with van der Waals surface area (Å²) < 4.78 is 14.4. The molecule has 0 aromatic heterocycles. The van der Waals surface area contributed by atoms with Crippen LogP contribution in [-0.2, 0) is 46.2 Å². The van der Waals surface area contributed by atoms with Gasteiger partial charge in [0, 0.05) is 26.4 Å². The molecule has 7 heteroatoms. The summed E-state index contributed by atoms with van der Waals surface area (Å²) in [6.07, 6.45) is 0. The van der Waals surface area contributed by atoms with E-state index in [9.17, 15) is 0 Å². The van der Waals surface area contributed by atoms with Crippen LogP contribution < -0.4 is 0 Å². The van der Waals surface area contributed by atoms with Crippen molar-refractivity contribution in [2.75, 3.05) is 0 Å². The molecule has 5 nitrogen and oxygen atoms in total. The smallest absolute Gasteiger partial charge is 0 e. The van der Waals surface area contributed by atoms with Crippen molar-refractivity contribution in [1.82, 2.24) is 0 Å². The first-order valence-electron chi connectivity index (χ1n) is 1.70. The summed E-state index contributed by atoms with van der Waals surface area (Å²) in [5.41, 5.74) is 0. The molecule has 0 aliphatic carbocycles. The zero-order chi connectivity index (χ0) is 6.62. The molecule has 9 heavy (non-hydrogen) atoms. The van der Waals surface area contributed by atoms with Gasteiger partial charge in [-0.25, -0.2) is 0 Å². The number of hydrogen-bond acceptors (Lipinski definition) is 5. The van der Waals surface area contributed by atoms with Crippen LogP contribution in [0.1, 0.15) is 6.92 Å². The Labute approximate surface area is 72.4 Å². The summed E-state index contributed by atoms with van der Waals surface area (Å²) in [6.45, 7) is 1.41. The van der Waals surface area contributed by atoms with E-state index in [2.05, 4.69) is 9.78 Å². The first-order valence-corrected chi connectivity index (χ1v) is 2.95. The van der Waals surface area contributed by atoms with Crippen LogP contribution in [0.25, 0.3) is 0 Å². The third-order valence-electron chi connectivity index (χ3n) is 0.325. The Balaban J connectivity index is 0. The Morgan fingerprint density at radius 1 is 1.33 bits per heavy atom. The van der Waals surface area contributed by atoms with Crippen molar-refractivity contribution in [2.45, 2.75) is 12.9 Å². The Kier molecular flexibility index (Phi) is 8.11. The van der Waals surface area contributed by atoms with Crippen molar-refractivity contribution in [3.63, 3.8) is 0 Å². The van der Waals surface area contributed by atoms with Crippen LogP contribution in [0.3, 0.4) is 0 Å². The molecule has 1 aliphatic rings. The zero-order valence-electron chi connectivity index (χ0n) is 4.81. The second kappa shape index (κ2) is 5.77. The van der Waals surface area contributed by atoms with Gasteiger partial charge in [-0.3, -0.25) is 0 Å². The summed E-state index contributed by atoms with van der Waals surface area (Å²) in [7, 11) is 0. The van der Waals surface area contributed by atoms with Gasteiger partial charge in [0.1, 0.15) is 0 Å². The van der Waals surface area contributed by atoms with Crippen LogP contribution in [0.4, 0.5) is 0 Å². The summed E-state index contributed by atoms with van der Waals surface area (Å²) in [6, 6.07) is 0. The van der Waals surface area contributed by atoms with Gasteiger partial charge in [-0.15, -0.1) is 0 Å². The molecule has 0 saturated carbocycles. The van der Waals surface area contributed by atoms with Crippen molar-refractivity contribution >= 4 is 0 Å². The van der Waals surface area contributed by atoms with E-state index in [1.165, 1.54) is 6.92 Å². The van der Waals surface area contributed by atoms with Crippen molar-refractivity contribution < 1.29 is 59.4 Å². The fourth-order valence-electron chi connectivity index (χ4n) is 0.0603. The number of rotatable bonds is 0. The summed E-state index contributed by atoms with van der Waals surface area (Å²) >= 11 is -1.31. The van der Waals surface area contributed by atoms with E-state index < -0.39 is 23.0 Å². The molecular formula is C2H6O5VZn. The maximum atomic E-state index is 8.19. The maximum absolute atomic E-state index is 8.19. The van der Waals surface area contributed by atoms with Crippen molar-refractivity contribution in [3.05, 3.63) is 0 Å². The molecule has 1 rings (SSSR count). The molecule has 0 aromatic carbocycles. The van der Waals surface area contributed by atoms with Gasteiger partial charge < -0.3 is 5.11 Å². The standard InChI is InChI=1S/C2H4O3.2H2O.V.Zn/c1-2(3)4-5-2;;;;/h3H,1H3;2*1H2;;/q;;;+2;/p-2. The molecule has 1 heterocycles. The normalized spacial score (nSPS) is 18.2. The van der Waals surface area contributed by atoms with Gasteiger partial charge in [-0.2, -0.15) is 9.78 Å². The maximum Gasteiger partial charge on any atom is 0 e. The summed E-state index contributed by atoms with van der Waals surface area (Å²) in [5.74, 6) is -1.25. The van der Waals surface area contributed by atoms with Crippen LogP contribution in [-0.4, -0.2) is 19.1 Å². The van der Waals surface area contributed by atoms with E-state index in [1.807, 2.05) is 0 Å². The van der Waals surface area contributed by atoms with E-state index in [1.54, 1.807) is 0 Å². The third-order valence-corrected chi connectivity index (χ3v) is 0.325. The molecule has 0 aromatic rings. The molecule has 1 saturated heterocycles. The summed E-state index contributed by atoms with van der Waals surface area (Å²) in [4.78, 5) is 7.90. The van der Waals surface area contributed by atoms with Gasteiger partial charge >= 0.3 is 31.0 Å². The quantitative estimate of drug-likeness (QED) is 0.266. The average Bonchev–Trinajstić information content (AvgIpc) is 2.22. The van der Waals surface area contributed by atoms with Crippen LogP contribution in [0.2, 0.25) is 0 Å². The van der Waals surface area contributed by atoms with Gasteiger partial charge in [-0.05, 0) is 0 Å². The molecule has 3 N–H and O–H groups in total. The van der Waals surface area contributed by atoms with E-state index >= 15 is 0 Å². The largest absolute Gasteiger partial charge is 0 e. The average molecular weight is 226 g/mol. The van der Waals surface area contributed by atoms with Gasteiger partial charge in [-0.1, -0.05) is 0 Å². The number of hydrogen-bond donors (Lipinski definition) is 3. The van der Waals surface area contributed by atoms with Crippen LogP contribution in [0.15, 0.2) is 0 Å². The fraction of sp³-hybridized carbons (Fsp3) is 1.00. The molecule has 0 amide bonds. The second-order valence-corrected chi connectivity index (χ2v) is 1.43. The van der Waals surface area contributed by atoms with Crippen LogP contribution in [0, 0.1) is 0 Å². The third kappa shape index (κ3) is 12.3. The van der Waals surface area contributed by atoms with Crippen molar-refractivity contribution in [3.8, 4) is 0 Å².